The number of hydrogen-bond acceptors (Lipinski definition) is 1. The first-order chi connectivity index (χ1) is 27.8. The second-order valence-electron chi connectivity index (χ2n) is 14.9. The molecular formula is C54H38N2. The fraction of sp³-hybridized carbons (Fsp3) is 0.0370. The minimum Gasteiger partial charge on any atom is -0.333 e. The van der Waals surface area contributed by atoms with Crippen molar-refractivity contribution in [2.45, 2.75) is 12.0 Å². The first-order valence-corrected chi connectivity index (χ1v) is 19.5. The maximum Gasteiger partial charge on any atom is 0.0630 e. The summed E-state index contributed by atoms with van der Waals surface area (Å²) in [5.74, 6) is 0.245. The molecule has 2 heterocycles. The van der Waals surface area contributed by atoms with Crippen molar-refractivity contribution >= 4 is 38.8 Å². The van der Waals surface area contributed by atoms with Gasteiger partial charge in [0, 0.05) is 33.8 Å². The zero-order valence-corrected chi connectivity index (χ0v) is 30.8. The van der Waals surface area contributed by atoms with E-state index in [0.29, 0.717) is 0 Å². The summed E-state index contributed by atoms with van der Waals surface area (Å²) in [4.78, 5) is 2.52. The van der Waals surface area contributed by atoms with Crippen LogP contribution in [0.25, 0.3) is 66.4 Å². The first-order valence-electron chi connectivity index (χ1n) is 19.5. The van der Waals surface area contributed by atoms with Crippen LogP contribution in [0.5, 0.6) is 0 Å². The van der Waals surface area contributed by atoms with Gasteiger partial charge in [0.2, 0.25) is 0 Å². The summed E-state index contributed by atoms with van der Waals surface area (Å²) < 4.78 is 2.41. The highest BCUT2D eigenvalue weighted by molar-refractivity contribution is 6.10. The van der Waals surface area contributed by atoms with Crippen LogP contribution in [-0.2, 0) is 0 Å². The van der Waals surface area contributed by atoms with Gasteiger partial charge in [-0.1, -0.05) is 170 Å². The second kappa shape index (κ2) is 13.3. The highest BCUT2D eigenvalue weighted by Gasteiger charge is 2.38. The van der Waals surface area contributed by atoms with Crippen LogP contribution < -0.4 is 4.90 Å². The van der Waals surface area contributed by atoms with Gasteiger partial charge in [-0.2, -0.15) is 0 Å². The number of hydrogen-bond donors (Lipinski definition) is 0. The van der Waals surface area contributed by atoms with Crippen LogP contribution in [-0.4, -0.2) is 10.6 Å². The van der Waals surface area contributed by atoms with E-state index in [1.165, 1.54) is 88.9 Å². The summed E-state index contributed by atoms with van der Waals surface area (Å²) in [6.07, 6.45) is 7.25. The van der Waals surface area contributed by atoms with Crippen LogP contribution in [0.15, 0.2) is 218 Å². The molecule has 8 aromatic carbocycles. The van der Waals surface area contributed by atoms with Crippen LogP contribution in [0.4, 0.5) is 11.4 Å². The molecule has 56 heavy (non-hydrogen) atoms. The van der Waals surface area contributed by atoms with Crippen molar-refractivity contribution in [1.29, 1.82) is 0 Å². The highest BCUT2D eigenvalue weighted by atomic mass is 15.2. The molecule has 2 nitrogen and oxygen atoms in total. The lowest BCUT2D eigenvalue weighted by Gasteiger charge is -2.30. The number of fused-ring (bicyclic) bond motifs is 6. The van der Waals surface area contributed by atoms with Crippen molar-refractivity contribution in [2.24, 2.45) is 0 Å². The molecule has 0 bridgehead atoms. The predicted octanol–water partition coefficient (Wildman–Crippen LogP) is 14.0. The third-order valence-corrected chi connectivity index (χ3v) is 11.7. The Balaban J connectivity index is 0.921. The Morgan fingerprint density at radius 3 is 1.70 bits per heavy atom. The van der Waals surface area contributed by atoms with Crippen LogP contribution in [0.2, 0.25) is 0 Å². The van der Waals surface area contributed by atoms with Crippen molar-refractivity contribution in [1.82, 2.24) is 4.57 Å². The van der Waals surface area contributed by atoms with Crippen molar-refractivity contribution in [2.75, 3.05) is 4.90 Å². The lowest BCUT2D eigenvalue weighted by atomic mass is 9.86. The molecule has 0 amide bonds. The summed E-state index contributed by atoms with van der Waals surface area (Å²) in [5, 5.41) is 2.53. The topological polar surface area (TPSA) is 8.17 Å². The molecule has 1 aromatic heterocycles. The number of nitrogens with zero attached hydrogens (tertiary/aromatic N) is 2. The molecule has 2 aliphatic rings. The van der Waals surface area contributed by atoms with E-state index in [-0.39, 0.29) is 12.0 Å². The third-order valence-electron chi connectivity index (χ3n) is 11.7. The van der Waals surface area contributed by atoms with E-state index in [0.717, 1.165) is 0 Å². The van der Waals surface area contributed by atoms with Gasteiger partial charge < -0.3 is 9.47 Å². The SMILES string of the molecule is C1=CC2C(C=C1c1ccc3c(c1)c1ccccc1n3-c1cccc(-c3ccccc3)c1)c1ccccc1N2c1ccc(-c2ccc(-c3ccccc3)cc2)cc1. The van der Waals surface area contributed by atoms with Crippen LogP contribution in [0.3, 0.4) is 0 Å². The van der Waals surface area contributed by atoms with Gasteiger partial charge in [-0.15, -0.1) is 0 Å². The Morgan fingerprint density at radius 1 is 0.375 bits per heavy atom. The zero-order valence-electron chi connectivity index (χ0n) is 30.8. The van der Waals surface area contributed by atoms with E-state index < -0.39 is 0 Å². The number of anilines is 2. The molecule has 264 valence electrons. The third kappa shape index (κ3) is 5.41. The van der Waals surface area contributed by atoms with Crippen LogP contribution in [0, 0.1) is 0 Å². The Labute approximate surface area is 327 Å². The van der Waals surface area contributed by atoms with Gasteiger partial charge in [-0.05, 0) is 98.6 Å². The average Bonchev–Trinajstić information content (AvgIpc) is 3.79. The number of allylic oxidation sites excluding steroid dienone is 2. The van der Waals surface area contributed by atoms with Crippen LogP contribution >= 0.6 is 0 Å². The first kappa shape index (κ1) is 32.3. The van der Waals surface area contributed by atoms with Gasteiger partial charge in [-0.3, -0.25) is 0 Å². The van der Waals surface area contributed by atoms with Crippen LogP contribution in [0.1, 0.15) is 17.0 Å². The van der Waals surface area contributed by atoms with Gasteiger partial charge in [-0.25, -0.2) is 0 Å². The van der Waals surface area contributed by atoms with Gasteiger partial charge in [0.15, 0.2) is 0 Å². The number of aromatic nitrogens is 1. The molecule has 1 aliphatic carbocycles. The van der Waals surface area contributed by atoms with Gasteiger partial charge in [0.05, 0.1) is 17.1 Å². The Bertz CT molecular complexity index is 2950. The van der Waals surface area contributed by atoms with E-state index in [9.17, 15) is 0 Å². The Hall–Kier alpha value is -7.16. The summed E-state index contributed by atoms with van der Waals surface area (Å²) in [7, 11) is 0. The fourth-order valence-electron chi connectivity index (χ4n) is 9.03. The maximum absolute atomic E-state index is 2.52. The molecule has 9 aromatic rings. The lowest BCUT2D eigenvalue weighted by Crippen LogP contribution is -2.28. The van der Waals surface area contributed by atoms with Gasteiger partial charge in [0.25, 0.3) is 0 Å². The second-order valence-corrected chi connectivity index (χ2v) is 14.9. The van der Waals surface area contributed by atoms with Crippen molar-refractivity contribution in [3.05, 3.63) is 230 Å². The summed E-state index contributed by atoms with van der Waals surface area (Å²) >= 11 is 0. The van der Waals surface area contributed by atoms with Gasteiger partial charge >= 0.3 is 0 Å². The highest BCUT2D eigenvalue weighted by Crippen LogP contribution is 2.49. The fourth-order valence-corrected chi connectivity index (χ4v) is 9.03. The average molecular weight is 715 g/mol. The molecule has 0 saturated heterocycles. The largest absolute Gasteiger partial charge is 0.333 e. The summed E-state index contributed by atoms with van der Waals surface area (Å²) in [6, 6.07) is 73.0. The smallest absolute Gasteiger partial charge is 0.0630 e. The molecule has 2 atom stereocenters. The molecule has 0 radical (unpaired) electrons. The van der Waals surface area contributed by atoms with E-state index in [1.54, 1.807) is 0 Å². The number of benzene rings is 8. The van der Waals surface area contributed by atoms with Crippen molar-refractivity contribution in [3.8, 4) is 39.1 Å². The standard InChI is InChI=1S/C54H38N2/c1-3-12-37(13-4-1)39-22-24-40(25-23-39)41-26-30-45(31-27-41)55-51-20-9-7-18-47(51)49-35-43(28-32-53(49)55)44-29-33-54-50(36-44)48-19-8-10-21-52(48)56(54)46-17-11-16-42(34-46)38-14-5-2-6-15-38/h1-36,49,53H. The van der Waals surface area contributed by atoms with Crippen molar-refractivity contribution in [3.63, 3.8) is 0 Å². The molecule has 2 unspecified atom stereocenters. The lowest BCUT2D eigenvalue weighted by molar-refractivity contribution is 0.747. The number of rotatable bonds is 6. The van der Waals surface area contributed by atoms with E-state index in [4.69, 9.17) is 0 Å². The minimum atomic E-state index is 0.203. The normalized spacial score (nSPS) is 15.9. The van der Waals surface area contributed by atoms with E-state index >= 15 is 0 Å². The molecule has 0 spiro atoms. The Kier molecular flexibility index (Phi) is 7.67. The molecule has 0 saturated carbocycles. The molecule has 2 heteroatoms. The summed E-state index contributed by atoms with van der Waals surface area (Å²) in [5.41, 5.74) is 17.3. The molecule has 11 rings (SSSR count). The number of para-hydroxylation sites is 2. The van der Waals surface area contributed by atoms with E-state index in [1.807, 2.05) is 0 Å². The molecule has 0 N–H and O–H groups in total. The minimum absolute atomic E-state index is 0.203. The predicted molar refractivity (Wildman–Crippen MR) is 236 cm³/mol. The monoisotopic (exact) mass is 714 g/mol. The summed E-state index contributed by atoms with van der Waals surface area (Å²) in [6.45, 7) is 0. The zero-order chi connectivity index (χ0) is 37.0. The van der Waals surface area contributed by atoms with E-state index in [2.05, 4.69) is 228 Å². The molecule has 1 aliphatic heterocycles. The van der Waals surface area contributed by atoms with Crippen molar-refractivity contribution < 1.29 is 0 Å². The van der Waals surface area contributed by atoms with Gasteiger partial charge in [0.1, 0.15) is 0 Å². The Morgan fingerprint density at radius 2 is 0.946 bits per heavy atom. The molecular weight excluding hydrogens is 677 g/mol. The maximum atomic E-state index is 2.52. The quantitative estimate of drug-likeness (QED) is 0.166. The molecule has 0 fully saturated rings.